The van der Waals surface area contributed by atoms with Gasteiger partial charge in [0.25, 0.3) is 0 Å². The van der Waals surface area contributed by atoms with Gasteiger partial charge < -0.3 is 20.4 Å². The molecule has 3 saturated carbocycles. The van der Waals surface area contributed by atoms with Crippen molar-refractivity contribution in [3.05, 3.63) is 11.6 Å². The van der Waals surface area contributed by atoms with Crippen LogP contribution >= 0.6 is 0 Å². The summed E-state index contributed by atoms with van der Waals surface area (Å²) in [7, 11) is 0. The molecule has 35 heavy (non-hydrogen) atoms. The predicted molar refractivity (Wildman–Crippen MR) is 138 cm³/mol. The zero-order chi connectivity index (χ0) is 26.6. The summed E-state index contributed by atoms with van der Waals surface area (Å²) in [6.45, 7) is 19.0. The van der Waals surface area contributed by atoms with Crippen LogP contribution in [0.25, 0.3) is 0 Å². The summed E-state index contributed by atoms with van der Waals surface area (Å²) in [5.41, 5.74) is -1.81. The zero-order valence-corrected chi connectivity index (χ0v) is 23.5. The largest absolute Gasteiger partial charge is 0.481 e. The van der Waals surface area contributed by atoms with Gasteiger partial charge in [-0.1, -0.05) is 60.1 Å². The number of aliphatic hydroxyl groups excluding tert-OH is 2. The van der Waals surface area contributed by atoms with E-state index in [1.54, 1.807) is 0 Å². The first-order valence-corrected chi connectivity index (χ1v) is 13.8. The Bertz CT molecular complexity index is 920. The molecule has 10 atom stereocenters. The highest BCUT2D eigenvalue weighted by Crippen LogP contribution is 2.75. The van der Waals surface area contributed by atoms with Crippen molar-refractivity contribution < 1.29 is 25.2 Å². The van der Waals surface area contributed by atoms with Gasteiger partial charge in [-0.3, -0.25) is 4.79 Å². The minimum atomic E-state index is -1.14. The van der Waals surface area contributed by atoms with Crippen molar-refractivity contribution in [1.29, 1.82) is 0 Å². The Labute approximate surface area is 212 Å². The number of allylic oxidation sites excluding steroid dienone is 1. The van der Waals surface area contributed by atoms with Crippen molar-refractivity contribution >= 4 is 5.97 Å². The van der Waals surface area contributed by atoms with Crippen LogP contribution in [0.2, 0.25) is 0 Å². The Hall–Kier alpha value is -0.910. The van der Waals surface area contributed by atoms with Gasteiger partial charge in [0.2, 0.25) is 0 Å². The second kappa shape index (κ2) is 7.80. The first-order chi connectivity index (χ1) is 15.8. The molecule has 5 heteroatoms. The van der Waals surface area contributed by atoms with Crippen LogP contribution in [-0.4, -0.2) is 44.2 Å². The lowest BCUT2D eigenvalue weighted by atomic mass is 9.33. The van der Waals surface area contributed by atoms with Crippen molar-refractivity contribution in [3.8, 4) is 0 Å². The molecule has 0 amide bonds. The molecule has 0 aromatic carbocycles. The molecule has 0 radical (unpaired) electrons. The smallest absolute Gasteiger partial charge is 0.310 e. The maximum atomic E-state index is 12.7. The summed E-state index contributed by atoms with van der Waals surface area (Å²) >= 11 is 0. The van der Waals surface area contributed by atoms with Crippen molar-refractivity contribution in [3.63, 3.8) is 0 Å². The van der Waals surface area contributed by atoms with Crippen molar-refractivity contribution in [2.75, 3.05) is 0 Å². The van der Waals surface area contributed by atoms with Crippen LogP contribution in [0.5, 0.6) is 0 Å². The van der Waals surface area contributed by atoms with Crippen LogP contribution < -0.4 is 0 Å². The average molecular weight is 491 g/mol. The lowest BCUT2D eigenvalue weighted by molar-refractivity contribution is -0.233. The Morgan fingerprint density at radius 1 is 1.03 bits per heavy atom. The fraction of sp³-hybridized carbons (Fsp3) is 0.900. The molecule has 5 nitrogen and oxygen atoms in total. The Balaban J connectivity index is 1.88. The molecule has 0 saturated heterocycles. The summed E-state index contributed by atoms with van der Waals surface area (Å²) in [6, 6.07) is 0. The zero-order valence-electron chi connectivity index (χ0n) is 23.5. The topological polar surface area (TPSA) is 98.0 Å². The third kappa shape index (κ3) is 3.26. The van der Waals surface area contributed by atoms with Gasteiger partial charge in [0.15, 0.2) is 0 Å². The summed E-state index contributed by atoms with van der Waals surface area (Å²) in [5, 5.41) is 44.1. The van der Waals surface area contributed by atoms with E-state index in [9.17, 15) is 25.2 Å². The van der Waals surface area contributed by atoms with Gasteiger partial charge in [0.05, 0.1) is 23.2 Å². The molecule has 4 N–H and O–H groups in total. The highest BCUT2D eigenvalue weighted by atomic mass is 16.4. The van der Waals surface area contributed by atoms with E-state index in [2.05, 4.69) is 40.7 Å². The second-order valence-corrected chi connectivity index (χ2v) is 14.9. The van der Waals surface area contributed by atoms with Crippen molar-refractivity contribution in [1.82, 2.24) is 0 Å². The van der Waals surface area contributed by atoms with Gasteiger partial charge in [0.1, 0.15) is 0 Å². The standard InChI is InChI=1S/C30H50O5/c1-17(2)30(9,35)22-18-10-11-21-27(6)16-19(31)23(32)25(3,4)20(27)12-13-29(21,8)28(18,7)15-14-26(22,5)24(33)34/h10,17,19-23,31-32,35H,11-16H2,1-9H3,(H,33,34)/t19-,20+,21+,22+,23-,26-,27-,28+,29+,30+/m0/s1. The maximum absolute atomic E-state index is 12.7. The third-order valence-corrected chi connectivity index (χ3v) is 12.8. The van der Waals surface area contributed by atoms with Gasteiger partial charge >= 0.3 is 5.97 Å². The van der Waals surface area contributed by atoms with Crippen molar-refractivity contribution in [2.45, 2.75) is 119 Å². The van der Waals surface area contributed by atoms with Gasteiger partial charge in [-0.15, -0.1) is 0 Å². The molecule has 4 aliphatic carbocycles. The van der Waals surface area contributed by atoms with Gasteiger partial charge in [-0.25, -0.2) is 0 Å². The number of carboxylic acids is 1. The van der Waals surface area contributed by atoms with Crippen LogP contribution in [0, 0.1) is 50.7 Å². The Kier molecular flexibility index (Phi) is 6.05. The lowest BCUT2D eigenvalue weighted by Crippen LogP contribution is -2.67. The van der Waals surface area contributed by atoms with E-state index in [-0.39, 0.29) is 27.6 Å². The maximum Gasteiger partial charge on any atom is 0.310 e. The van der Waals surface area contributed by atoms with Crippen LogP contribution in [-0.2, 0) is 4.79 Å². The van der Waals surface area contributed by atoms with Crippen LogP contribution in [0.4, 0.5) is 0 Å². The molecule has 0 aromatic rings. The molecule has 0 unspecified atom stereocenters. The van der Waals surface area contributed by atoms with E-state index in [1.807, 2.05) is 27.7 Å². The molecule has 3 fully saturated rings. The summed E-state index contributed by atoms with van der Waals surface area (Å²) in [5.74, 6) is -0.718. The first-order valence-electron chi connectivity index (χ1n) is 13.8. The summed E-state index contributed by atoms with van der Waals surface area (Å²) in [6.07, 6.45) is 5.60. The number of carbonyl (C=O) groups is 1. The molecule has 0 bridgehead atoms. The number of hydrogen-bond acceptors (Lipinski definition) is 4. The van der Waals surface area contributed by atoms with Crippen LogP contribution in [0.1, 0.15) is 101 Å². The van der Waals surface area contributed by atoms with E-state index in [0.29, 0.717) is 24.7 Å². The number of rotatable bonds is 3. The molecular formula is C30H50O5. The molecular weight excluding hydrogens is 440 g/mol. The van der Waals surface area contributed by atoms with E-state index < -0.39 is 35.1 Å². The van der Waals surface area contributed by atoms with E-state index in [0.717, 1.165) is 31.3 Å². The minimum absolute atomic E-state index is 0.0778. The number of aliphatic hydroxyl groups is 3. The number of carboxylic acid groups (broad SMARTS) is 1. The molecule has 200 valence electrons. The highest BCUT2D eigenvalue weighted by Gasteiger charge is 2.70. The molecule has 4 rings (SSSR count). The third-order valence-electron chi connectivity index (χ3n) is 12.8. The molecule has 0 heterocycles. The SMILES string of the molecule is CC(C)[C@@](C)(O)[C@@H]1C2=CC[C@@H]3[C@@]4(C)C[C@H](O)[C@H](O)C(C)(C)[C@H]4CC[C@@]3(C)[C@]2(C)CC[C@]1(C)C(=O)O. The van der Waals surface area contributed by atoms with Crippen LogP contribution in [0.3, 0.4) is 0 Å². The van der Waals surface area contributed by atoms with E-state index in [4.69, 9.17) is 0 Å². The Morgan fingerprint density at radius 2 is 1.63 bits per heavy atom. The van der Waals surface area contributed by atoms with E-state index >= 15 is 0 Å². The second-order valence-electron chi connectivity index (χ2n) is 14.9. The fourth-order valence-electron chi connectivity index (χ4n) is 10.1. The summed E-state index contributed by atoms with van der Waals surface area (Å²) in [4.78, 5) is 12.7. The van der Waals surface area contributed by atoms with Gasteiger partial charge in [-0.05, 0) is 91.8 Å². The normalized spacial score (nSPS) is 50.9. The lowest BCUT2D eigenvalue weighted by Gasteiger charge is -2.71. The quantitative estimate of drug-likeness (QED) is 0.396. The summed E-state index contributed by atoms with van der Waals surface area (Å²) < 4.78 is 0. The monoisotopic (exact) mass is 490 g/mol. The highest BCUT2D eigenvalue weighted by molar-refractivity contribution is 5.76. The molecule has 0 aromatic heterocycles. The molecule has 0 spiro atoms. The van der Waals surface area contributed by atoms with Gasteiger partial charge in [0, 0.05) is 5.92 Å². The van der Waals surface area contributed by atoms with Crippen molar-refractivity contribution in [2.24, 2.45) is 50.7 Å². The first kappa shape index (κ1) is 27.1. The Morgan fingerprint density at radius 3 is 2.17 bits per heavy atom. The fourth-order valence-corrected chi connectivity index (χ4v) is 10.1. The minimum Gasteiger partial charge on any atom is -0.481 e. The average Bonchev–Trinajstić information content (AvgIpc) is 2.72. The predicted octanol–water partition coefficient (Wildman–Crippen LogP) is 5.42. The number of fused-ring (bicyclic) bond motifs is 5. The number of hydrogen-bond donors (Lipinski definition) is 4. The van der Waals surface area contributed by atoms with Gasteiger partial charge in [-0.2, -0.15) is 0 Å². The van der Waals surface area contributed by atoms with E-state index in [1.165, 1.54) is 0 Å². The molecule has 0 aliphatic heterocycles. The van der Waals surface area contributed by atoms with Crippen LogP contribution in [0.15, 0.2) is 11.6 Å². The number of aliphatic carboxylic acids is 1. The molecule has 4 aliphatic rings.